The van der Waals surface area contributed by atoms with E-state index < -0.39 is 11.5 Å². The summed E-state index contributed by atoms with van der Waals surface area (Å²) in [6, 6.07) is 27.1. The zero-order valence-corrected chi connectivity index (χ0v) is 19.1. The second-order valence-electron chi connectivity index (χ2n) is 7.83. The average molecular weight is 467 g/mol. The minimum atomic E-state index is -0.422. The molecular formula is C27H22N4O2S. The molecule has 0 aliphatic rings. The van der Waals surface area contributed by atoms with Crippen LogP contribution in [0.25, 0.3) is 21.8 Å². The van der Waals surface area contributed by atoms with E-state index in [-0.39, 0.29) is 12.1 Å². The molecule has 0 fully saturated rings. The van der Waals surface area contributed by atoms with Gasteiger partial charge in [-0.25, -0.2) is 0 Å². The summed E-state index contributed by atoms with van der Waals surface area (Å²) >= 11 is 1.53. The van der Waals surface area contributed by atoms with Gasteiger partial charge < -0.3 is 10.3 Å². The molecule has 0 aliphatic carbocycles. The van der Waals surface area contributed by atoms with Crippen molar-refractivity contribution >= 4 is 17.2 Å². The van der Waals surface area contributed by atoms with Crippen LogP contribution in [0.15, 0.2) is 101 Å². The Hall–Kier alpha value is -4.23. The number of carbonyl (C=O) groups excluding carboxylic acids is 1. The highest BCUT2D eigenvalue weighted by Gasteiger charge is 2.15. The van der Waals surface area contributed by atoms with Crippen LogP contribution in [-0.2, 0) is 13.1 Å². The fourth-order valence-electron chi connectivity index (χ4n) is 3.78. The lowest BCUT2D eigenvalue weighted by molar-refractivity contribution is 0.0949. The number of pyridine rings is 1. The minimum absolute atomic E-state index is 0.0817. The highest BCUT2D eigenvalue weighted by molar-refractivity contribution is 7.13. The van der Waals surface area contributed by atoms with Gasteiger partial charge in [0.1, 0.15) is 5.56 Å². The summed E-state index contributed by atoms with van der Waals surface area (Å²) < 4.78 is 1.88. The molecule has 0 unspecified atom stereocenters. The molecule has 0 aliphatic heterocycles. The third-order valence-electron chi connectivity index (χ3n) is 5.45. The fraction of sp³-hybridized carbons (Fsp3) is 0.0741. The number of H-pyrrole nitrogens is 1. The van der Waals surface area contributed by atoms with Gasteiger partial charge >= 0.3 is 0 Å². The molecule has 34 heavy (non-hydrogen) atoms. The molecule has 1 amide bonds. The molecule has 3 heterocycles. The number of nitrogens with zero attached hydrogens (tertiary/aromatic N) is 2. The van der Waals surface area contributed by atoms with Crippen LogP contribution in [0.4, 0.5) is 0 Å². The lowest BCUT2D eigenvalue weighted by atomic mass is 10.1. The summed E-state index contributed by atoms with van der Waals surface area (Å²) in [6.07, 6.45) is 1.94. The maximum Gasteiger partial charge on any atom is 0.261 e. The quantitative estimate of drug-likeness (QED) is 0.356. The number of carbonyl (C=O) groups is 1. The molecule has 3 aromatic heterocycles. The van der Waals surface area contributed by atoms with E-state index in [0.717, 1.165) is 27.3 Å². The molecule has 0 saturated carbocycles. The number of rotatable bonds is 7. The Kier molecular flexibility index (Phi) is 6.18. The van der Waals surface area contributed by atoms with Crippen LogP contribution < -0.4 is 10.9 Å². The molecule has 0 atom stereocenters. The van der Waals surface area contributed by atoms with Crippen LogP contribution in [0, 0.1) is 0 Å². The Morgan fingerprint density at radius 2 is 1.71 bits per heavy atom. The third kappa shape index (κ3) is 4.74. The van der Waals surface area contributed by atoms with Crippen molar-refractivity contribution in [2.45, 2.75) is 13.1 Å². The number of benzene rings is 2. The van der Waals surface area contributed by atoms with Gasteiger partial charge in [-0.05, 0) is 29.1 Å². The molecule has 2 N–H and O–H groups in total. The number of hydrogen-bond donors (Lipinski definition) is 2. The van der Waals surface area contributed by atoms with Gasteiger partial charge in [0.25, 0.3) is 11.5 Å². The van der Waals surface area contributed by atoms with E-state index in [1.807, 2.05) is 76.9 Å². The zero-order chi connectivity index (χ0) is 23.3. The third-order valence-corrected chi connectivity index (χ3v) is 6.36. The van der Waals surface area contributed by atoms with Crippen LogP contribution in [0.3, 0.4) is 0 Å². The van der Waals surface area contributed by atoms with E-state index in [0.29, 0.717) is 12.2 Å². The molecule has 5 rings (SSSR count). The van der Waals surface area contributed by atoms with Gasteiger partial charge in [-0.2, -0.15) is 5.10 Å². The van der Waals surface area contributed by atoms with Crippen LogP contribution in [0.5, 0.6) is 0 Å². The van der Waals surface area contributed by atoms with E-state index in [4.69, 9.17) is 5.10 Å². The average Bonchev–Trinajstić information content (AvgIpc) is 3.54. The van der Waals surface area contributed by atoms with Crippen LogP contribution >= 0.6 is 11.3 Å². The lowest BCUT2D eigenvalue weighted by Gasteiger charge is -2.06. The topological polar surface area (TPSA) is 79.8 Å². The first-order valence-electron chi connectivity index (χ1n) is 10.9. The van der Waals surface area contributed by atoms with Gasteiger partial charge in [0, 0.05) is 23.9 Å². The SMILES string of the molecule is O=C(NCc1cn(Cc2ccccc2)nc1-c1ccccc1)c1ccc(-c2cccs2)[nH]c1=O. The molecule has 0 spiro atoms. The lowest BCUT2D eigenvalue weighted by Crippen LogP contribution is -2.29. The Balaban J connectivity index is 1.37. The van der Waals surface area contributed by atoms with E-state index in [2.05, 4.69) is 22.4 Å². The molecule has 168 valence electrons. The molecule has 0 bridgehead atoms. The van der Waals surface area contributed by atoms with Crippen molar-refractivity contribution < 1.29 is 4.79 Å². The van der Waals surface area contributed by atoms with Crippen molar-refractivity contribution in [2.24, 2.45) is 0 Å². The number of aromatic nitrogens is 3. The standard InChI is InChI=1S/C27H22N4O2S/c32-26(22-13-14-23(29-27(22)33)24-12-7-15-34-24)28-16-21-18-31(17-19-8-3-1-4-9-19)30-25(21)20-10-5-2-6-11-20/h1-15,18H,16-17H2,(H,28,32)(H,29,33). The summed E-state index contributed by atoms with van der Waals surface area (Å²) in [7, 11) is 0. The van der Waals surface area contributed by atoms with E-state index in [1.165, 1.54) is 11.3 Å². The number of hydrogen-bond acceptors (Lipinski definition) is 4. The number of nitrogens with one attached hydrogen (secondary N) is 2. The Bertz CT molecular complexity index is 1460. The first-order chi connectivity index (χ1) is 16.7. The number of aromatic amines is 1. The van der Waals surface area contributed by atoms with Crippen molar-refractivity contribution in [3.8, 4) is 21.8 Å². The van der Waals surface area contributed by atoms with Gasteiger partial charge in [-0.1, -0.05) is 66.7 Å². The first kappa shape index (κ1) is 21.6. The molecular weight excluding hydrogens is 444 g/mol. The van der Waals surface area contributed by atoms with Crippen molar-refractivity contribution in [3.63, 3.8) is 0 Å². The molecule has 0 radical (unpaired) electrons. The highest BCUT2D eigenvalue weighted by Crippen LogP contribution is 2.23. The first-order valence-corrected chi connectivity index (χ1v) is 11.8. The van der Waals surface area contributed by atoms with Crippen molar-refractivity contribution in [1.82, 2.24) is 20.1 Å². The van der Waals surface area contributed by atoms with Gasteiger partial charge in [0.15, 0.2) is 0 Å². The van der Waals surface area contributed by atoms with Crippen molar-refractivity contribution in [2.75, 3.05) is 0 Å². The van der Waals surface area contributed by atoms with Crippen molar-refractivity contribution in [3.05, 3.63) is 124 Å². The van der Waals surface area contributed by atoms with Gasteiger partial charge in [0.2, 0.25) is 0 Å². The predicted molar refractivity (Wildman–Crippen MR) is 135 cm³/mol. The molecule has 6 nitrogen and oxygen atoms in total. The monoisotopic (exact) mass is 466 g/mol. The Morgan fingerprint density at radius 3 is 2.41 bits per heavy atom. The predicted octanol–water partition coefficient (Wildman–Crippen LogP) is 4.95. The van der Waals surface area contributed by atoms with Gasteiger partial charge in [-0.3, -0.25) is 14.3 Å². The molecule has 7 heteroatoms. The molecule has 0 saturated heterocycles. The summed E-state index contributed by atoms with van der Waals surface area (Å²) in [4.78, 5) is 29.1. The number of thiophene rings is 1. The number of amides is 1. The fourth-order valence-corrected chi connectivity index (χ4v) is 4.49. The summed E-state index contributed by atoms with van der Waals surface area (Å²) in [5.74, 6) is -0.422. The van der Waals surface area contributed by atoms with Crippen molar-refractivity contribution in [1.29, 1.82) is 0 Å². The summed E-state index contributed by atoms with van der Waals surface area (Å²) in [5.41, 5.74) is 4.16. The largest absolute Gasteiger partial charge is 0.348 e. The molecule has 2 aromatic carbocycles. The summed E-state index contributed by atoms with van der Waals surface area (Å²) in [5, 5.41) is 9.61. The zero-order valence-electron chi connectivity index (χ0n) is 18.3. The highest BCUT2D eigenvalue weighted by atomic mass is 32.1. The molecule has 5 aromatic rings. The van der Waals surface area contributed by atoms with Gasteiger partial charge in [0.05, 0.1) is 22.8 Å². The Labute approximate surface area is 200 Å². The maximum atomic E-state index is 12.8. The normalized spacial score (nSPS) is 10.8. The van der Waals surface area contributed by atoms with Crippen LogP contribution in [0.2, 0.25) is 0 Å². The minimum Gasteiger partial charge on any atom is -0.348 e. The van der Waals surface area contributed by atoms with E-state index in [9.17, 15) is 9.59 Å². The van der Waals surface area contributed by atoms with Crippen LogP contribution in [-0.4, -0.2) is 20.7 Å². The Morgan fingerprint density at radius 1 is 0.941 bits per heavy atom. The second kappa shape index (κ2) is 9.72. The van der Waals surface area contributed by atoms with E-state index in [1.54, 1.807) is 12.1 Å². The maximum absolute atomic E-state index is 12.8. The van der Waals surface area contributed by atoms with Gasteiger partial charge in [-0.15, -0.1) is 11.3 Å². The van der Waals surface area contributed by atoms with Crippen LogP contribution in [0.1, 0.15) is 21.5 Å². The summed E-state index contributed by atoms with van der Waals surface area (Å²) in [6.45, 7) is 0.877. The smallest absolute Gasteiger partial charge is 0.261 e. The van der Waals surface area contributed by atoms with E-state index >= 15 is 0 Å². The second-order valence-corrected chi connectivity index (χ2v) is 8.77.